The third-order valence-corrected chi connectivity index (χ3v) is 9.14. The highest BCUT2D eigenvalue weighted by atomic mass is 32.2. The van der Waals surface area contributed by atoms with Crippen molar-refractivity contribution in [1.82, 2.24) is 24.3 Å². The first kappa shape index (κ1) is 25.4. The van der Waals surface area contributed by atoms with Crippen LogP contribution in [0.2, 0.25) is 0 Å². The van der Waals surface area contributed by atoms with Crippen molar-refractivity contribution in [3.63, 3.8) is 0 Å². The number of aryl methyl sites for hydroxylation is 1. The molecule has 1 aromatic carbocycles. The van der Waals surface area contributed by atoms with E-state index in [0.717, 1.165) is 5.56 Å². The fourth-order valence-electron chi connectivity index (χ4n) is 5.80. The van der Waals surface area contributed by atoms with Crippen LogP contribution in [0, 0.1) is 12.3 Å². The van der Waals surface area contributed by atoms with Crippen LogP contribution in [0.25, 0.3) is 16.9 Å². The van der Waals surface area contributed by atoms with Gasteiger partial charge in [0.25, 0.3) is 0 Å². The summed E-state index contributed by atoms with van der Waals surface area (Å²) in [5.74, 6) is -2.05. The molecule has 3 N–H and O–H groups in total. The van der Waals surface area contributed by atoms with E-state index in [4.69, 9.17) is 10.5 Å². The summed E-state index contributed by atoms with van der Waals surface area (Å²) in [6, 6.07) is 4.70. The monoisotopic (exact) mass is 538 g/mol. The van der Waals surface area contributed by atoms with E-state index in [-0.39, 0.29) is 23.6 Å². The van der Waals surface area contributed by atoms with Crippen LogP contribution >= 0.6 is 0 Å². The molecule has 3 aliphatic carbocycles. The van der Waals surface area contributed by atoms with E-state index in [1.165, 1.54) is 36.1 Å². The maximum atomic E-state index is 13.5. The number of nitrogens with one attached hydrogen (secondary N) is 1. The third kappa shape index (κ3) is 4.31. The minimum atomic E-state index is -5.08. The van der Waals surface area contributed by atoms with Gasteiger partial charge in [-0.25, -0.2) is 32.4 Å². The highest BCUT2D eigenvalue weighted by Crippen LogP contribution is 2.61. The zero-order chi connectivity index (χ0) is 26.8. The lowest BCUT2D eigenvalue weighted by molar-refractivity contribution is -0.218. The molecule has 0 amide bonds. The zero-order valence-corrected chi connectivity index (χ0v) is 20.9. The number of hydrogen-bond acceptors (Lipinski definition) is 8. The van der Waals surface area contributed by atoms with Crippen LogP contribution in [-0.4, -0.2) is 51.8 Å². The summed E-state index contributed by atoms with van der Waals surface area (Å²) < 4.78 is 73.9. The molecule has 37 heavy (non-hydrogen) atoms. The Hall–Kier alpha value is -3.26. The highest BCUT2D eigenvalue weighted by Gasteiger charge is 2.62. The van der Waals surface area contributed by atoms with Crippen molar-refractivity contribution in [2.45, 2.75) is 68.7 Å². The molecule has 6 rings (SSSR count). The molecule has 0 aliphatic heterocycles. The highest BCUT2D eigenvalue weighted by molar-refractivity contribution is 7.89. The summed E-state index contributed by atoms with van der Waals surface area (Å²) in [5.41, 5.74) is 6.61. The lowest BCUT2D eigenvalue weighted by Gasteiger charge is -2.62. The van der Waals surface area contributed by atoms with E-state index in [2.05, 4.69) is 19.8 Å². The van der Waals surface area contributed by atoms with Crippen LogP contribution in [0.3, 0.4) is 0 Å². The van der Waals surface area contributed by atoms with E-state index in [9.17, 15) is 26.4 Å². The number of nitrogens with two attached hydrogens (primary N) is 1. The van der Waals surface area contributed by atoms with Crippen molar-refractivity contribution in [3.8, 4) is 11.3 Å². The molecule has 10 nitrogen and oxygen atoms in total. The van der Waals surface area contributed by atoms with Crippen molar-refractivity contribution < 1.29 is 31.1 Å². The minimum Gasteiger partial charge on any atom is -0.455 e. The maximum absolute atomic E-state index is 13.5. The lowest BCUT2D eigenvalue weighted by Crippen LogP contribution is -2.67. The van der Waals surface area contributed by atoms with Crippen molar-refractivity contribution in [2.24, 2.45) is 5.41 Å². The van der Waals surface area contributed by atoms with Gasteiger partial charge in [0, 0.05) is 16.5 Å². The Bertz CT molecular complexity index is 1500. The number of sulfonamides is 1. The second kappa shape index (κ2) is 8.38. The molecule has 0 radical (unpaired) electrons. The zero-order valence-electron chi connectivity index (χ0n) is 20.0. The van der Waals surface area contributed by atoms with Gasteiger partial charge in [-0.05, 0) is 57.2 Å². The van der Waals surface area contributed by atoms with Crippen LogP contribution < -0.4 is 10.5 Å². The topological polar surface area (TPSA) is 142 Å². The number of hydrogen-bond donors (Lipinski definition) is 2. The summed E-state index contributed by atoms with van der Waals surface area (Å²) >= 11 is 0. The number of rotatable bonds is 6. The van der Waals surface area contributed by atoms with Gasteiger partial charge >= 0.3 is 12.1 Å². The standard InChI is InChI=1S/C23H25F3N6O4S/c1-13-4-5-15(8-16(13)17-9-28-19-18(27)29-12-30-32(17)19)37(34,35)31-22-7-3-6-21(10-22,11-22)14(2)36-20(33)23(24,25)26/h4-5,8-9,12,14,31H,3,6-7,10-11H2,1-2H3,(H2,27,29,30). The van der Waals surface area contributed by atoms with E-state index < -0.39 is 39.2 Å². The number of carbonyl (C=O) groups is 1. The van der Waals surface area contributed by atoms with Crippen LogP contribution in [-0.2, 0) is 19.6 Å². The Balaban J connectivity index is 1.39. The predicted molar refractivity (Wildman–Crippen MR) is 126 cm³/mol. The number of nitrogen functional groups attached to an aromatic ring is 1. The molecule has 198 valence electrons. The second-order valence-corrected chi connectivity index (χ2v) is 11.7. The van der Waals surface area contributed by atoms with Crippen LogP contribution in [0.1, 0.15) is 44.6 Å². The van der Waals surface area contributed by atoms with Crippen molar-refractivity contribution in [3.05, 3.63) is 36.3 Å². The molecular formula is C23H25F3N6O4S. The van der Waals surface area contributed by atoms with Gasteiger partial charge in [-0.2, -0.15) is 18.3 Å². The molecule has 3 aliphatic rings. The van der Waals surface area contributed by atoms with Crippen LogP contribution in [0.5, 0.6) is 0 Å². The molecule has 2 aromatic heterocycles. The number of fused-ring (bicyclic) bond motifs is 3. The normalized spacial score (nSPS) is 24.5. The fourth-order valence-corrected chi connectivity index (χ4v) is 7.26. The number of aromatic nitrogens is 4. The quantitative estimate of drug-likeness (QED) is 0.456. The molecule has 3 aromatic rings. The molecule has 2 bridgehead atoms. The Morgan fingerprint density at radius 3 is 2.68 bits per heavy atom. The third-order valence-electron chi connectivity index (χ3n) is 7.57. The number of nitrogens with zero attached hydrogens (tertiary/aromatic N) is 4. The van der Waals surface area contributed by atoms with Gasteiger partial charge in [-0.15, -0.1) is 0 Å². The molecule has 2 heterocycles. The Morgan fingerprint density at radius 1 is 1.24 bits per heavy atom. The lowest BCUT2D eigenvalue weighted by atomic mass is 9.48. The fraction of sp³-hybridized carbons (Fsp3) is 0.478. The van der Waals surface area contributed by atoms with Crippen molar-refractivity contribution in [2.75, 3.05) is 5.73 Å². The molecule has 3 saturated carbocycles. The Kier molecular flexibility index (Phi) is 5.75. The maximum Gasteiger partial charge on any atom is 0.490 e. The second-order valence-electron chi connectivity index (χ2n) is 10.0. The summed E-state index contributed by atoms with van der Waals surface area (Å²) in [6.07, 6.45) is -0.995. The van der Waals surface area contributed by atoms with Crippen molar-refractivity contribution >= 4 is 27.5 Å². The minimum absolute atomic E-state index is 0.0269. The average Bonchev–Trinajstić information content (AvgIpc) is 3.23. The van der Waals surface area contributed by atoms with Crippen LogP contribution in [0.4, 0.5) is 19.0 Å². The molecule has 3 fully saturated rings. The summed E-state index contributed by atoms with van der Waals surface area (Å²) in [4.78, 5) is 19.5. The number of halogens is 3. The van der Waals surface area contributed by atoms with Gasteiger partial charge in [0.2, 0.25) is 10.0 Å². The van der Waals surface area contributed by atoms with Crippen molar-refractivity contribution in [1.29, 1.82) is 0 Å². The number of imidazole rings is 1. The predicted octanol–water partition coefficient (Wildman–Crippen LogP) is 3.16. The Labute approximate surface area is 210 Å². The van der Waals surface area contributed by atoms with Crippen LogP contribution in [0.15, 0.2) is 35.6 Å². The first-order valence-corrected chi connectivity index (χ1v) is 13.1. The smallest absolute Gasteiger partial charge is 0.455 e. The van der Waals surface area contributed by atoms with E-state index >= 15 is 0 Å². The SMILES string of the molecule is Cc1ccc(S(=O)(=O)NC23CCCC(C(C)OC(=O)C(F)(F)F)(C2)C3)cc1-c1cnc2c(N)ncnn12. The molecule has 14 heteroatoms. The summed E-state index contributed by atoms with van der Waals surface area (Å²) in [6.45, 7) is 3.26. The van der Waals surface area contributed by atoms with Gasteiger partial charge in [0.15, 0.2) is 11.5 Å². The molecule has 0 saturated heterocycles. The number of carbonyl (C=O) groups excluding carboxylic acids is 1. The first-order valence-electron chi connectivity index (χ1n) is 11.6. The molecule has 1 atom stereocenters. The first-order chi connectivity index (χ1) is 17.3. The van der Waals surface area contributed by atoms with E-state index in [0.29, 0.717) is 36.2 Å². The number of anilines is 1. The largest absolute Gasteiger partial charge is 0.490 e. The summed E-state index contributed by atoms with van der Waals surface area (Å²) in [7, 11) is -4.00. The number of ether oxygens (including phenoxy) is 1. The molecular weight excluding hydrogens is 513 g/mol. The number of alkyl halides is 3. The Morgan fingerprint density at radius 2 is 1.97 bits per heavy atom. The van der Waals surface area contributed by atoms with Gasteiger partial charge in [-0.3, -0.25) is 0 Å². The number of benzene rings is 1. The van der Waals surface area contributed by atoms with E-state index in [1.54, 1.807) is 6.07 Å². The van der Waals surface area contributed by atoms with Gasteiger partial charge < -0.3 is 10.5 Å². The van der Waals surface area contributed by atoms with Gasteiger partial charge in [0.05, 0.1) is 16.8 Å². The van der Waals surface area contributed by atoms with Gasteiger partial charge in [0.1, 0.15) is 12.4 Å². The average molecular weight is 539 g/mol. The van der Waals surface area contributed by atoms with Gasteiger partial charge in [-0.1, -0.05) is 12.5 Å². The van der Waals surface area contributed by atoms with E-state index in [1.807, 2.05) is 6.92 Å². The molecule has 1 unspecified atom stereocenters. The number of esters is 1. The summed E-state index contributed by atoms with van der Waals surface area (Å²) in [5, 5.41) is 4.17. The molecule has 0 spiro atoms.